The summed E-state index contributed by atoms with van der Waals surface area (Å²) in [5, 5.41) is 22.4. The Labute approximate surface area is 159 Å². The molecule has 1 saturated heterocycles. The predicted molar refractivity (Wildman–Crippen MR) is 100 cm³/mol. The van der Waals surface area contributed by atoms with Gasteiger partial charge in [0.1, 0.15) is 11.7 Å². The summed E-state index contributed by atoms with van der Waals surface area (Å²) in [6, 6.07) is 4.54. The van der Waals surface area contributed by atoms with E-state index >= 15 is 0 Å². The summed E-state index contributed by atoms with van der Waals surface area (Å²) in [6.45, 7) is 2.79. The van der Waals surface area contributed by atoms with Crippen LogP contribution < -0.4 is 9.47 Å². The maximum Gasteiger partial charge on any atom is 0.166 e. The van der Waals surface area contributed by atoms with Crippen LogP contribution in [0.3, 0.4) is 0 Å². The van der Waals surface area contributed by atoms with Gasteiger partial charge in [0.05, 0.1) is 18.6 Å². The van der Waals surface area contributed by atoms with Crippen molar-refractivity contribution in [1.29, 1.82) is 0 Å². The van der Waals surface area contributed by atoms with Crippen LogP contribution in [0.4, 0.5) is 0 Å². The normalized spacial score (nSPS) is 46.8. The summed E-state index contributed by atoms with van der Waals surface area (Å²) in [5.74, 6) is 1.35. The molecule has 5 heteroatoms. The van der Waals surface area contributed by atoms with Crippen molar-refractivity contribution in [2.24, 2.45) is 11.3 Å². The molecule has 2 aliphatic heterocycles. The van der Waals surface area contributed by atoms with Crippen LogP contribution in [0.2, 0.25) is 0 Å². The van der Waals surface area contributed by atoms with E-state index in [2.05, 4.69) is 24.1 Å². The zero-order chi connectivity index (χ0) is 18.8. The van der Waals surface area contributed by atoms with Crippen LogP contribution in [0, 0.1) is 11.3 Å². The fourth-order valence-electron chi connectivity index (χ4n) is 7.51. The SMILES string of the molecule is COc1ccc2c3c1O[C@H]1[C@@]4(O)C=C[C@@]5(C[C@@H]4[C@H](C)O)[C@@H](C2)N(C)CC[C@]315. The molecule has 7 atom stereocenters. The fourth-order valence-corrected chi connectivity index (χ4v) is 7.51. The first-order valence-corrected chi connectivity index (χ1v) is 10.1. The van der Waals surface area contributed by atoms with E-state index in [1.54, 1.807) is 14.0 Å². The van der Waals surface area contributed by atoms with E-state index in [4.69, 9.17) is 9.47 Å². The molecule has 4 aliphatic carbocycles. The van der Waals surface area contributed by atoms with Crippen molar-refractivity contribution in [3.05, 3.63) is 35.4 Å². The first-order valence-electron chi connectivity index (χ1n) is 10.1. The molecular weight excluding hydrogens is 342 g/mol. The van der Waals surface area contributed by atoms with Crippen molar-refractivity contribution in [3.8, 4) is 11.5 Å². The van der Waals surface area contributed by atoms with Gasteiger partial charge in [-0.3, -0.25) is 0 Å². The molecule has 5 nitrogen and oxygen atoms in total. The van der Waals surface area contributed by atoms with Gasteiger partial charge in [0.25, 0.3) is 0 Å². The van der Waals surface area contributed by atoms with Gasteiger partial charge in [-0.2, -0.15) is 0 Å². The number of hydrogen-bond donors (Lipinski definition) is 2. The Hall–Kier alpha value is -1.56. The second-order valence-corrected chi connectivity index (χ2v) is 9.36. The number of nitrogens with zero attached hydrogens (tertiary/aromatic N) is 1. The minimum Gasteiger partial charge on any atom is -0.493 e. The molecule has 144 valence electrons. The van der Waals surface area contributed by atoms with Crippen LogP contribution >= 0.6 is 0 Å². The zero-order valence-electron chi connectivity index (χ0n) is 16.1. The molecule has 4 bridgehead atoms. The lowest BCUT2D eigenvalue weighted by Crippen LogP contribution is -2.79. The third kappa shape index (κ3) is 1.50. The third-order valence-electron chi connectivity index (χ3n) is 8.59. The average Bonchev–Trinajstić information content (AvgIpc) is 3.02. The van der Waals surface area contributed by atoms with Gasteiger partial charge in [-0.15, -0.1) is 0 Å². The van der Waals surface area contributed by atoms with E-state index in [0.717, 1.165) is 37.3 Å². The number of likely N-dealkylation sites (N-methyl/N-ethyl adjacent to an activating group) is 1. The summed E-state index contributed by atoms with van der Waals surface area (Å²) in [5.41, 5.74) is 1.07. The van der Waals surface area contributed by atoms with Crippen LogP contribution in [0.1, 0.15) is 30.9 Å². The molecule has 1 saturated carbocycles. The molecule has 2 fully saturated rings. The predicted octanol–water partition coefficient (Wildman–Crippen LogP) is 1.64. The number of piperidine rings is 1. The molecule has 0 aromatic heterocycles. The Morgan fingerprint density at radius 2 is 2.15 bits per heavy atom. The molecule has 27 heavy (non-hydrogen) atoms. The maximum atomic E-state index is 11.8. The number of hydrogen-bond acceptors (Lipinski definition) is 5. The number of rotatable bonds is 2. The zero-order valence-corrected chi connectivity index (χ0v) is 16.1. The van der Waals surface area contributed by atoms with Crippen molar-refractivity contribution < 1.29 is 19.7 Å². The number of likely N-dealkylation sites (tertiary alicyclic amines) is 1. The standard InChI is InChI=1S/C22H27NO4/c1-12(24)14-11-20-6-7-22(14,25)19-21(20)8-9-23(2)16(20)10-13-4-5-15(26-3)18(27-19)17(13)21/h4-7,12,14,16,19,24-25H,8-11H2,1-3H3/t12-,14+,16+,19+,20+,21-,22+/m0/s1. The molecule has 0 unspecified atom stereocenters. The topological polar surface area (TPSA) is 62.2 Å². The minimum absolute atomic E-state index is 0.124. The lowest BCUT2D eigenvalue weighted by atomic mass is 9.37. The fraction of sp³-hybridized carbons (Fsp3) is 0.636. The summed E-state index contributed by atoms with van der Waals surface area (Å²) >= 11 is 0. The molecule has 0 amide bonds. The Bertz CT molecular complexity index is 881. The van der Waals surface area contributed by atoms with Crippen molar-refractivity contribution in [2.75, 3.05) is 20.7 Å². The van der Waals surface area contributed by atoms with Crippen LogP contribution in [0.25, 0.3) is 0 Å². The smallest absolute Gasteiger partial charge is 0.166 e. The van der Waals surface area contributed by atoms with Crippen molar-refractivity contribution in [1.82, 2.24) is 4.90 Å². The highest BCUT2D eigenvalue weighted by molar-refractivity contribution is 5.65. The molecule has 6 aliphatic rings. The van der Waals surface area contributed by atoms with Crippen LogP contribution in [0.15, 0.2) is 24.3 Å². The van der Waals surface area contributed by atoms with Crippen LogP contribution in [0.5, 0.6) is 11.5 Å². The molecule has 2 heterocycles. The molecule has 1 aromatic rings. The van der Waals surface area contributed by atoms with Gasteiger partial charge in [0.2, 0.25) is 0 Å². The molecule has 2 N–H and O–H groups in total. The molecule has 1 aromatic carbocycles. The Morgan fingerprint density at radius 1 is 1.33 bits per heavy atom. The summed E-state index contributed by atoms with van der Waals surface area (Å²) in [6.07, 6.45) is 5.99. The van der Waals surface area contributed by atoms with E-state index in [1.165, 1.54) is 11.1 Å². The Balaban J connectivity index is 1.70. The Morgan fingerprint density at radius 3 is 2.89 bits per heavy atom. The van der Waals surface area contributed by atoms with E-state index in [1.807, 2.05) is 12.1 Å². The second kappa shape index (κ2) is 4.70. The second-order valence-electron chi connectivity index (χ2n) is 9.36. The summed E-state index contributed by atoms with van der Waals surface area (Å²) in [7, 11) is 3.89. The number of benzene rings is 1. The molecular formula is C22H27NO4. The van der Waals surface area contributed by atoms with Gasteiger partial charge >= 0.3 is 0 Å². The van der Waals surface area contributed by atoms with Crippen molar-refractivity contribution in [3.63, 3.8) is 0 Å². The van der Waals surface area contributed by atoms with Gasteiger partial charge in [-0.1, -0.05) is 18.2 Å². The maximum absolute atomic E-state index is 11.8. The van der Waals surface area contributed by atoms with Gasteiger partial charge in [-0.05, 0) is 51.4 Å². The van der Waals surface area contributed by atoms with E-state index in [9.17, 15) is 10.2 Å². The Kier molecular flexibility index (Phi) is 2.86. The van der Waals surface area contributed by atoms with Crippen LogP contribution in [-0.2, 0) is 11.8 Å². The van der Waals surface area contributed by atoms with Crippen LogP contribution in [-0.4, -0.2) is 59.7 Å². The number of aliphatic hydroxyl groups excluding tert-OH is 1. The number of ether oxygens (including phenoxy) is 2. The highest BCUT2D eigenvalue weighted by Crippen LogP contribution is 2.74. The largest absolute Gasteiger partial charge is 0.493 e. The highest BCUT2D eigenvalue weighted by Gasteiger charge is 2.78. The number of methoxy groups -OCH3 is 1. The van der Waals surface area contributed by atoms with E-state index in [0.29, 0.717) is 6.04 Å². The first-order chi connectivity index (χ1) is 12.9. The quantitative estimate of drug-likeness (QED) is 0.776. The first kappa shape index (κ1) is 16.4. The minimum atomic E-state index is -1.16. The van der Waals surface area contributed by atoms with Crippen molar-refractivity contribution >= 4 is 0 Å². The van der Waals surface area contributed by atoms with Gasteiger partial charge in [0, 0.05) is 22.9 Å². The van der Waals surface area contributed by atoms with Crippen molar-refractivity contribution in [2.45, 2.75) is 55.5 Å². The monoisotopic (exact) mass is 369 g/mol. The average molecular weight is 369 g/mol. The summed E-state index contributed by atoms with van der Waals surface area (Å²) in [4.78, 5) is 2.48. The lowest BCUT2D eigenvalue weighted by Gasteiger charge is -2.70. The van der Waals surface area contributed by atoms with Gasteiger partial charge < -0.3 is 24.6 Å². The molecule has 0 radical (unpaired) electrons. The number of fused-ring (bicyclic) bond motifs is 1. The lowest BCUT2D eigenvalue weighted by molar-refractivity contribution is -0.218. The molecule has 2 spiro atoms. The van der Waals surface area contributed by atoms with Gasteiger partial charge in [-0.25, -0.2) is 0 Å². The number of aliphatic hydroxyl groups is 2. The third-order valence-corrected chi connectivity index (χ3v) is 8.59. The summed E-state index contributed by atoms with van der Waals surface area (Å²) < 4.78 is 12.2. The molecule has 7 rings (SSSR count). The van der Waals surface area contributed by atoms with Gasteiger partial charge in [0.15, 0.2) is 11.5 Å². The van der Waals surface area contributed by atoms with E-state index < -0.39 is 11.7 Å². The van der Waals surface area contributed by atoms with E-state index in [-0.39, 0.29) is 22.9 Å². The highest BCUT2D eigenvalue weighted by atomic mass is 16.5.